The minimum atomic E-state index is -3.70. The number of hydrogen-bond donors (Lipinski definition) is 1. The molecule has 0 aliphatic carbocycles. The van der Waals surface area contributed by atoms with Crippen molar-refractivity contribution in [1.29, 1.82) is 0 Å². The Morgan fingerprint density at radius 2 is 2.05 bits per heavy atom. The lowest BCUT2D eigenvalue weighted by atomic mass is 10.1. The number of carbonyl (C=O) groups excluding carboxylic acids is 1. The number of rotatable bonds is 4. The van der Waals surface area contributed by atoms with Crippen LogP contribution >= 0.6 is 0 Å². The fourth-order valence-corrected chi connectivity index (χ4v) is 4.24. The Morgan fingerprint density at radius 1 is 1.41 bits per heavy atom. The molecule has 1 heterocycles. The summed E-state index contributed by atoms with van der Waals surface area (Å²) in [6, 6.07) is 4.62. The third kappa shape index (κ3) is 2.85. The molecule has 1 aliphatic heterocycles. The Morgan fingerprint density at radius 3 is 2.59 bits per heavy atom. The Kier molecular flexibility index (Phi) is 4.28. The van der Waals surface area contributed by atoms with Crippen molar-refractivity contribution >= 4 is 27.4 Å². The molecule has 0 saturated carbocycles. The van der Waals surface area contributed by atoms with E-state index in [2.05, 4.69) is 0 Å². The van der Waals surface area contributed by atoms with E-state index < -0.39 is 27.5 Å². The standard InChI is InChI=1S/C15H19NO5S/c1-9-6-12-8-13(4-5-14(12)16(9)11(3)17)22(20,21)10(2)7-15(18)19/h4-5,8-10H,6-7H2,1-3H3,(H,18,19)/t9-,10-/m1/s1. The van der Waals surface area contributed by atoms with Crippen molar-refractivity contribution in [2.24, 2.45) is 0 Å². The van der Waals surface area contributed by atoms with Crippen molar-refractivity contribution in [2.45, 2.75) is 49.8 Å². The molecule has 1 amide bonds. The average Bonchev–Trinajstić information content (AvgIpc) is 2.72. The largest absolute Gasteiger partial charge is 0.481 e. The number of carboxylic acids is 1. The Bertz CT molecular complexity index is 725. The number of hydrogen-bond acceptors (Lipinski definition) is 4. The van der Waals surface area contributed by atoms with Crippen LogP contribution in [0.5, 0.6) is 0 Å². The molecule has 0 spiro atoms. The molecule has 2 atom stereocenters. The summed E-state index contributed by atoms with van der Waals surface area (Å²) in [5, 5.41) is 7.78. The van der Waals surface area contributed by atoms with Gasteiger partial charge in [-0.05, 0) is 44.0 Å². The van der Waals surface area contributed by atoms with Gasteiger partial charge in [-0.1, -0.05) is 0 Å². The Balaban J connectivity index is 2.39. The number of amides is 1. The van der Waals surface area contributed by atoms with Gasteiger partial charge in [0.05, 0.1) is 16.6 Å². The summed E-state index contributed by atoms with van der Waals surface area (Å²) in [4.78, 5) is 24.2. The number of anilines is 1. The lowest BCUT2D eigenvalue weighted by molar-refractivity contribution is -0.137. The van der Waals surface area contributed by atoms with Crippen LogP contribution in [0.3, 0.4) is 0 Å². The van der Waals surface area contributed by atoms with E-state index in [1.165, 1.54) is 19.9 Å². The molecule has 6 nitrogen and oxygen atoms in total. The van der Waals surface area contributed by atoms with Crippen LogP contribution in [0.1, 0.15) is 32.8 Å². The molecule has 0 unspecified atom stereocenters. The van der Waals surface area contributed by atoms with Gasteiger partial charge in [0.1, 0.15) is 0 Å². The van der Waals surface area contributed by atoms with E-state index in [-0.39, 0.29) is 16.8 Å². The van der Waals surface area contributed by atoms with Crippen molar-refractivity contribution < 1.29 is 23.1 Å². The summed E-state index contributed by atoms with van der Waals surface area (Å²) in [7, 11) is -3.70. The summed E-state index contributed by atoms with van der Waals surface area (Å²) in [5.41, 5.74) is 1.52. The zero-order valence-electron chi connectivity index (χ0n) is 12.7. The van der Waals surface area contributed by atoms with E-state index in [1.807, 2.05) is 6.92 Å². The Labute approximate surface area is 129 Å². The third-order valence-electron chi connectivity index (χ3n) is 3.93. The van der Waals surface area contributed by atoms with Gasteiger partial charge in [0.2, 0.25) is 5.91 Å². The number of benzene rings is 1. The zero-order chi connectivity index (χ0) is 16.7. The second kappa shape index (κ2) is 5.72. The first-order chi connectivity index (χ1) is 10.1. The van der Waals surface area contributed by atoms with E-state index >= 15 is 0 Å². The van der Waals surface area contributed by atoms with Crippen LogP contribution in [0, 0.1) is 0 Å². The number of fused-ring (bicyclic) bond motifs is 1. The number of sulfone groups is 1. The maximum absolute atomic E-state index is 12.4. The van der Waals surface area contributed by atoms with E-state index in [1.54, 1.807) is 17.0 Å². The maximum Gasteiger partial charge on any atom is 0.304 e. The highest BCUT2D eigenvalue weighted by Gasteiger charge is 2.32. The minimum absolute atomic E-state index is 0.0121. The summed E-state index contributed by atoms with van der Waals surface area (Å²) >= 11 is 0. The van der Waals surface area contributed by atoms with Crippen molar-refractivity contribution in [2.75, 3.05) is 4.90 Å². The second-order valence-electron chi connectivity index (χ2n) is 5.69. The van der Waals surface area contributed by atoms with Crippen LogP contribution in [-0.2, 0) is 25.8 Å². The molecule has 0 bridgehead atoms. The molecular weight excluding hydrogens is 306 g/mol. The van der Waals surface area contributed by atoms with Gasteiger partial charge in [-0.25, -0.2) is 8.42 Å². The van der Waals surface area contributed by atoms with Crippen LogP contribution in [0.15, 0.2) is 23.1 Å². The van der Waals surface area contributed by atoms with Crippen molar-refractivity contribution in [3.8, 4) is 0 Å². The van der Waals surface area contributed by atoms with Crippen LogP contribution in [0.4, 0.5) is 5.69 Å². The van der Waals surface area contributed by atoms with Gasteiger partial charge < -0.3 is 10.0 Å². The number of carbonyl (C=O) groups is 2. The van der Waals surface area contributed by atoms with Gasteiger partial charge >= 0.3 is 5.97 Å². The highest BCUT2D eigenvalue weighted by Crippen LogP contribution is 2.34. The van der Waals surface area contributed by atoms with E-state index in [9.17, 15) is 18.0 Å². The molecule has 0 fully saturated rings. The fraction of sp³-hybridized carbons (Fsp3) is 0.467. The number of nitrogens with zero attached hydrogens (tertiary/aromatic N) is 1. The smallest absolute Gasteiger partial charge is 0.304 e. The normalized spacial score (nSPS) is 18.9. The van der Waals surface area contributed by atoms with Gasteiger partial charge in [0.25, 0.3) is 0 Å². The monoisotopic (exact) mass is 325 g/mol. The first kappa shape index (κ1) is 16.5. The van der Waals surface area contributed by atoms with Gasteiger partial charge in [-0.15, -0.1) is 0 Å². The fourth-order valence-electron chi connectivity index (χ4n) is 2.85. The molecule has 7 heteroatoms. The van der Waals surface area contributed by atoms with Crippen LogP contribution in [-0.4, -0.2) is 36.7 Å². The van der Waals surface area contributed by atoms with Gasteiger partial charge in [-0.3, -0.25) is 9.59 Å². The minimum Gasteiger partial charge on any atom is -0.481 e. The summed E-state index contributed by atoms with van der Waals surface area (Å²) in [5.74, 6) is -1.23. The molecule has 1 aromatic carbocycles. The summed E-state index contributed by atoms with van der Waals surface area (Å²) in [6.07, 6.45) is 0.154. The molecule has 1 aromatic rings. The molecule has 0 radical (unpaired) electrons. The molecule has 1 aliphatic rings. The van der Waals surface area contributed by atoms with Crippen LogP contribution < -0.4 is 4.90 Å². The molecular formula is C15H19NO5S. The van der Waals surface area contributed by atoms with Crippen molar-refractivity contribution in [3.63, 3.8) is 0 Å². The van der Waals surface area contributed by atoms with Crippen molar-refractivity contribution in [3.05, 3.63) is 23.8 Å². The molecule has 1 N–H and O–H groups in total. The molecule has 0 saturated heterocycles. The third-order valence-corrected chi connectivity index (χ3v) is 6.06. The van der Waals surface area contributed by atoms with Gasteiger partial charge in [0, 0.05) is 18.7 Å². The highest BCUT2D eigenvalue weighted by molar-refractivity contribution is 7.92. The van der Waals surface area contributed by atoms with E-state index in [4.69, 9.17) is 5.11 Å². The predicted molar refractivity (Wildman–Crippen MR) is 81.7 cm³/mol. The molecule has 22 heavy (non-hydrogen) atoms. The van der Waals surface area contributed by atoms with Crippen LogP contribution in [0.25, 0.3) is 0 Å². The molecule has 0 aromatic heterocycles. The average molecular weight is 325 g/mol. The van der Waals surface area contributed by atoms with Crippen LogP contribution in [0.2, 0.25) is 0 Å². The summed E-state index contributed by atoms with van der Waals surface area (Å²) < 4.78 is 24.8. The van der Waals surface area contributed by atoms with Gasteiger partial charge in [-0.2, -0.15) is 0 Å². The maximum atomic E-state index is 12.4. The topological polar surface area (TPSA) is 91.8 Å². The predicted octanol–water partition coefficient (Wildman–Crippen LogP) is 1.62. The SMILES string of the molecule is CC(=O)N1c2ccc(S(=O)(=O)[C@H](C)CC(=O)O)cc2C[C@H]1C. The first-order valence-corrected chi connectivity index (χ1v) is 8.57. The second-order valence-corrected chi connectivity index (χ2v) is 8.05. The van der Waals surface area contributed by atoms with E-state index in [0.29, 0.717) is 6.42 Å². The molecule has 120 valence electrons. The van der Waals surface area contributed by atoms with E-state index in [0.717, 1.165) is 11.3 Å². The zero-order valence-corrected chi connectivity index (χ0v) is 13.6. The lowest BCUT2D eigenvalue weighted by Crippen LogP contribution is -2.33. The number of carboxylic acid groups (broad SMARTS) is 1. The lowest BCUT2D eigenvalue weighted by Gasteiger charge is -2.20. The Hall–Kier alpha value is -1.89. The quantitative estimate of drug-likeness (QED) is 0.908. The molecule has 2 rings (SSSR count). The highest BCUT2D eigenvalue weighted by atomic mass is 32.2. The first-order valence-electron chi connectivity index (χ1n) is 7.03. The summed E-state index contributed by atoms with van der Waals surface area (Å²) in [6.45, 7) is 4.77. The van der Waals surface area contributed by atoms with Crippen molar-refractivity contribution in [1.82, 2.24) is 0 Å². The number of aliphatic carboxylic acids is 1. The van der Waals surface area contributed by atoms with Gasteiger partial charge in [0.15, 0.2) is 9.84 Å².